The average molecular weight is 398 g/mol. The van der Waals surface area contributed by atoms with E-state index in [0.29, 0.717) is 6.04 Å². The molecular weight excluding hydrogens is 378 g/mol. The summed E-state index contributed by atoms with van der Waals surface area (Å²) in [4.78, 5) is 9.24. The van der Waals surface area contributed by atoms with E-state index < -0.39 is 0 Å². The molecule has 4 rings (SSSR count). The zero-order valence-electron chi connectivity index (χ0n) is 14.1. The Balaban J connectivity index is 1.56. The second kappa shape index (κ2) is 7.00. The molecule has 1 aliphatic rings. The van der Waals surface area contributed by atoms with Crippen LogP contribution >= 0.6 is 15.9 Å². The zero-order valence-corrected chi connectivity index (χ0v) is 15.7. The number of anilines is 1. The first-order valence-corrected chi connectivity index (χ1v) is 9.35. The monoisotopic (exact) mass is 397 g/mol. The molecule has 25 heavy (non-hydrogen) atoms. The van der Waals surface area contributed by atoms with Crippen LogP contribution in [-0.4, -0.2) is 23.1 Å². The molecule has 1 heterocycles. The van der Waals surface area contributed by atoms with E-state index in [4.69, 9.17) is 9.72 Å². The number of hydrogen-bond donors (Lipinski definition) is 1. The first-order valence-electron chi connectivity index (χ1n) is 8.56. The van der Waals surface area contributed by atoms with Gasteiger partial charge in [0, 0.05) is 10.5 Å². The van der Waals surface area contributed by atoms with Gasteiger partial charge in [-0.05, 0) is 67.1 Å². The van der Waals surface area contributed by atoms with Crippen LogP contribution in [-0.2, 0) is 12.8 Å². The molecule has 1 aliphatic carbocycles. The number of aromatic nitrogens is 2. The maximum Gasteiger partial charge on any atom is 0.145 e. The van der Waals surface area contributed by atoms with Gasteiger partial charge in [-0.1, -0.05) is 22.0 Å². The summed E-state index contributed by atoms with van der Waals surface area (Å²) in [6.07, 6.45) is 6.22. The van der Waals surface area contributed by atoms with Crippen molar-refractivity contribution < 1.29 is 4.74 Å². The molecule has 0 saturated heterocycles. The number of rotatable bonds is 3. The Kier molecular flexibility index (Phi) is 4.57. The van der Waals surface area contributed by atoms with Crippen molar-refractivity contribution in [2.24, 2.45) is 0 Å². The highest BCUT2D eigenvalue weighted by atomic mass is 79.9. The number of benzene rings is 2. The molecular formula is C20H20BrN3O. The molecule has 0 fully saturated rings. The van der Waals surface area contributed by atoms with Gasteiger partial charge in [-0.25, -0.2) is 4.98 Å². The van der Waals surface area contributed by atoms with Gasteiger partial charge in [-0.2, -0.15) is 0 Å². The predicted molar refractivity (Wildman–Crippen MR) is 104 cm³/mol. The lowest BCUT2D eigenvalue weighted by Crippen LogP contribution is -2.22. The van der Waals surface area contributed by atoms with Crippen molar-refractivity contribution in [2.75, 3.05) is 12.4 Å². The van der Waals surface area contributed by atoms with Crippen molar-refractivity contribution in [3.8, 4) is 5.75 Å². The summed E-state index contributed by atoms with van der Waals surface area (Å²) in [5.74, 6) is 1.77. The van der Waals surface area contributed by atoms with E-state index in [1.807, 2.05) is 24.4 Å². The Morgan fingerprint density at radius 1 is 1.12 bits per heavy atom. The molecule has 128 valence electrons. The van der Waals surface area contributed by atoms with Crippen molar-refractivity contribution in [1.29, 1.82) is 0 Å². The minimum absolute atomic E-state index is 0.357. The van der Waals surface area contributed by atoms with Crippen LogP contribution in [0.25, 0.3) is 11.0 Å². The number of ether oxygens (including phenoxy) is 1. The highest BCUT2D eigenvalue weighted by Gasteiger charge is 2.18. The quantitative estimate of drug-likeness (QED) is 0.647. The Hall–Kier alpha value is -2.14. The maximum atomic E-state index is 5.39. The van der Waals surface area contributed by atoms with Crippen LogP contribution in [0.15, 0.2) is 47.1 Å². The normalized spacial score (nSPS) is 17.0. The Labute approximate surface area is 155 Å². The van der Waals surface area contributed by atoms with E-state index in [2.05, 4.69) is 44.4 Å². The molecule has 0 amide bonds. The average Bonchev–Trinajstić information content (AvgIpc) is 2.82. The topological polar surface area (TPSA) is 47.0 Å². The van der Waals surface area contributed by atoms with E-state index in [0.717, 1.165) is 46.3 Å². The standard InChI is InChI=1S/C20H20BrN3O/c1-25-17-7-5-13-3-2-4-16(9-14(13)10-17)23-20-12-22-19-11-15(21)6-8-18(19)24-20/h5-8,10-12,16H,2-4,9H2,1H3,(H,23,24). The Morgan fingerprint density at radius 3 is 2.92 bits per heavy atom. The summed E-state index contributed by atoms with van der Waals surface area (Å²) in [5.41, 5.74) is 4.60. The van der Waals surface area contributed by atoms with Crippen LogP contribution in [0.5, 0.6) is 5.75 Å². The zero-order chi connectivity index (χ0) is 17.2. The van der Waals surface area contributed by atoms with Gasteiger partial charge < -0.3 is 10.1 Å². The third-order valence-electron chi connectivity index (χ3n) is 4.73. The van der Waals surface area contributed by atoms with Crippen molar-refractivity contribution in [2.45, 2.75) is 31.7 Å². The molecule has 0 aliphatic heterocycles. The molecule has 1 atom stereocenters. The smallest absolute Gasteiger partial charge is 0.145 e. The lowest BCUT2D eigenvalue weighted by atomic mass is 10.0. The van der Waals surface area contributed by atoms with Crippen molar-refractivity contribution in [1.82, 2.24) is 9.97 Å². The first kappa shape index (κ1) is 16.3. The number of aryl methyl sites for hydroxylation is 1. The number of nitrogens with zero attached hydrogens (tertiary/aromatic N) is 2. The second-order valence-corrected chi connectivity index (χ2v) is 7.38. The van der Waals surface area contributed by atoms with E-state index in [9.17, 15) is 0 Å². The minimum atomic E-state index is 0.357. The van der Waals surface area contributed by atoms with E-state index in [-0.39, 0.29) is 0 Å². The number of nitrogens with one attached hydrogen (secondary N) is 1. The molecule has 4 nitrogen and oxygen atoms in total. The van der Waals surface area contributed by atoms with Crippen molar-refractivity contribution in [3.63, 3.8) is 0 Å². The van der Waals surface area contributed by atoms with Crippen LogP contribution in [0.4, 0.5) is 5.82 Å². The summed E-state index contributed by atoms with van der Waals surface area (Å²) >= 11 is 3.47. The van der Waals surface area contributed by atoms with Gasteiger partial charge in [-0.15, -0.1) is 0 Å². The molecule has 2 aromatic carbocycles. The summed E-state index contributed by atoms with van der Waals surface area (Å²) in [6, 6.07) is 12.7. The van der Waals surface area contributed by atoms with Gasteiger partial charge in [-0.3, -0.25) is 4.98 Å². The van der Waals surface area contributed by atoms with Gasteiger partial charge >= 0.3 is 0 Å². The number of halogens is 1. The van der Waals surface area contributed by atoms with E-state index in [1.54, 1.807) is 7.11 Å². The molecule has 0 spiro atoms. The van der Waals surface area contributed by atoms with E-state index in [1.165, 1.54) is 17.5 Å². The highest BCUT2D eigenvalue weighted by Crippen LogP contribution is 2.26. The minimum Gasteiger partial charge on any atom is -0.497 e. The van der Waals surface area contributed by atoms with Crippen LogP contribution < -0.4 is 10.1 Å². The molecule has 5 heteroatoms. The lowest BCUT2D eigenvalue weighted by Gasteiger charge is -2.18. The fourth-order valence-electron chi connectivity index (χ4n) is 3.46. The summed E-state index contributed by atoms with van der Waals surface area (Å²) in [7, 11) is 1.72. The van der Waals surface area contributed by atoms with Gasteiger partial charge in [0.25, 0.3) is 0 Å². The predicted octanol–water partition coefficient (Wildman–Crippen LogP) is 4.76. The van der Waals surface area contributed by atoms with Crippen LogP contribution in [0.2, 0.25) is 0 Å². The van der Waals surface area contributed by atoms with Crippen molar-refractivity contribution >= 4 is 32.8 Å². The molecule has 0 radical (unpaired) electrons. The van der Waals surface area contributed by atoms with Gasteiger partial charge in [0.05, 0.1) is 24.3 Å². The van der Waals surface area contributed by atoms with Gasteiger partial charge in [0.1, 0.15) is 11.6 Å². The fraction of sp³-hybridized carbons (Fsp3) is 0.300. The third-order valence-corrected chi connectivity index (χ3v) is 5.23. The fourth-order valence-corrected chi connectivity index (χ4v) is 3.80. The molecule has 0 bridgehead atoms. The Morgan fingerprint density at radius 2 is 2.04 bits per heavy atom. The Bertz CT molecular complexity index is 913. The summed E-state index contributed by atoms with van der Waals surface area (Å²) in [5, 5.41) is 3.58. The summed E-state index contributed by atoms with van der Waals surface area (Å²) < 4.78 is 6.40. The third kappa shape index (κ3) is 3.61. The van der Waals surface area contributed by atoms with Gasteiger partial charge in [0.15, 0.2) is 0 Å². The van der Waals surface area contributed by atoms with Gasteiger partial charge in [0.2, 0.25) is 0 Å². The van der Waals surface area contributed by atoms with Crippen LogP contribution in [0, 0.1) is 0 Å². The summed E-state index contributed by atoms with van der Waals surface area (Å²) in [6.45, 7) is 0. The molecule has 1 unspecified atom stereocenters. The maximum absolute atomic E-state index is 5.39. The van der Waals surface area contributed by atoms with E-state index >= 15 is 0 Å². The molecule has 1 N–H and O–H groups in total. The lowest BCUT2D eigenvalue weighted by molar-refractivity contribution is 0.414. The van der Waals surface area contributed by atoms with Crippen LogP contribution in [0.1, 0.15) is 24.0 Å². The number of hydrogen-bond acceptors (Lipinski definition) is 4. The molecule has 3 aromatic rings. The van der Waals surface area contributed by atoms with Crippen LogP contribution in [0.3, 0.4) is 0 Å². The largest absolute Gasteiger partial charge is 0.497 e. The number of fused-ring (bicyclic) bond motifs is 2. The molecule has 0 saturated carbocycles. The first-order chi connectivity index (χ1) is 12.2. The van der Waals surface area contributed by atoms with Crippen molar-refractivity contribution in [3.05, 3.63) is 58.2 Å². The molecule has 1 aromatic heterocycles. The SMILES string of the molecule is COc1ccc2c(c1)CC(Nc1cnc3cc(Br)ccc3n1)CCC2. The number of methoxy groups -OCH3 is 1. The second-order valence-electron chi connectivity index (χ2n) is 6.46. The highest BCUT2D eigenvalue weighted by molar-refractivity contribution is 9.10.